The summed E-state index contributed by atoms with van der Waals surface area (Å²) in [4.78, 5) is 0. The van der Waals surface area contributed by atoms with Gasteiger partial charge in [0.05, 0.1) is 6.04 Å². The van der Waals surface area contributed by atoms with Crippen LogP contribution in [-0.4, -0.2) is 21.3 Å². The molecule has 1 aromatic heterocycles. The second kappa shape index (κ2) is 4.95. The topological polar surface area (TPSA) is 42.7 Å². The summed E-state index contributed by atoms with van der Waals surface area (Å²) in [6.45, 7) is 7.52. The van der Waals surface area contributed by atoms with Crippen LogP contribution in [0.25, 0.3) is 0 Å². The zero-order valence-electron chi connectivity index (χ0n) is 10.5. The second-order valence-corrected chi connectivity index (χ2v) is 4.93. The van der Waals surface area contributed by atoms with E-state index in [9.17, 15) is 0 Å². The molecule has 90 valence electrons. The first-order valence-corrected chi connectivity index (χ1v) is 6.35. The van der Waals surface area contributed by atoms with E-state index in [1.165, 1.54) is 25.7 Å². The van der Waals surface area contributed by atoms with Gasteiger partial charge in [-0.15, -0.1) is 10.2 Å². The minimum Gasteiger partial charge on any atom is -0.311 e. The fraction of sp³-hybridized carbons (Fsp3) is 0.833. The van der Waals surface area contributed by atoms with E-state index < -0.39 is 0 Å². The molecule has 1 fully saturated rings. The van der Waals surface area contributed by atoms with Gasteiger partial charge in [0, 0.05) is 6.04 Å². The molecule has 1 aliphatic rings. The van der Waals surface area contributed by atoms with Gasteiger partial charge < -0.3 is 9.88 Å². The Hall–Kier alpha value is -0.900. The average Bonchev–Trinajstić information content (AvgIpc) is 2.50. The van der Waals surface area contributed by atoms with E-state index in [4.69, 9.17) is 0 Å². The number of aromatic nitrogens is 3. The summed E-state index contributed by atoms with van der Waals surface area (Å²) in [6, 6.07) is 0.834. The smallest absolute Gasteiger partial charge is 0.150 e. The molecule has 2 heterocycles. The minimum absolute atomic E-state index is 0.395. The number of nitrogens with one attached hydrogen (secondary N) is 1. The highest BCUT2D eigenvalue weighted by Gasteiger charge is 2.21. The molecule has 1 saturated heterocycles. The van der Waals surface area contributed by atoms with Crippen molar-refractivity contribution in [3.05, 3.63) is 11.6 Å². The molecule has 4 nitrogen and oxygen atoms in total. The van der Waals surface area contributed by atoms with E-state index in [1.54, 1.807) is 0 Å². The Morgan fingerprint density at radius 3 is 2.81 bits per heavy atom. The lowest BCUT2D eigenvalue weighted by Gasteiger charge is -2.19. The van der Waals surface area contributed by atoms with Crippen LogP contribution in [0.1, 0.15) is 63.3 Å². The first-order valence-electron chi connectivity index (χ1n) is 6.35. The van der Waals surface area contributed by atoms with Crippen molar-refractivity contribution in [3.63, 3.8) is 0 Å². The number of hydrogen-bond donors (Lipinski definition) is 1. The number of rotatable bonds is 2. The summed E-state index contributed by atoms with van der Waals surface area (Å²) in [5.41, 5.74) is 0. The molecule has 0 aliphatic carbocycles. The van der Waals surface area contributed by atoms with Gasteiger partial charge in [-0.2, -0.15) is 0 Å². The van der Waals surface area contributed by atoms with Crippen molar-refractivity contribution in [2.45, 2.75) is 58.5 Å². The number of nitrogens with zero attached hydrogens (tertiary/aromatic N) is 3. The fourth-order valence-electron chi connectivity index (χ4n) is 2.51. The minimum atomic E-state index is 0.395. The third kappa shape index (κ3) is 2.26. The maximum absolute atomic E-state index is 4.35. The summed E-state index contributed by atoms with van der Waals surface area (Å²) >= 11 is 0. The van der Waals surface area contributed by atoms with Gasteiger partial charge in [0.25, 0.3) is 0 Å². The Morgan fingerprint density at radius 2 is 2.06 bits per heavy atom. The van der Waals surface area contributed by atoms with Gasteiger partial charge in [-0.3, -0.25) is 0 Å². The molecular formula is C12H22N4. The largest absolute Gasteiger partial charge is 0.311 e. The third-order valence-electron chi connectivity index (χ3n) is 3.28. The lowest BCUT2D eigenvalue weighted by Crippen LogP contribution is -2.24. The van der Waals surface area contributed by atoms with Crippen molar-refractivity contribution in [2.75, 3.05) is 6.54 Å². The number of hydrogen-bond acceptors (Lipinski definition) is 3. The molecule has 0 amide bonds. The molecule has 0 saturated carbocycles. The van der Waals surface area contributed by atoms with Crippen molar-refractivity contribution < 1.29 is 0 Å². The highest BCUT2D eigenvalue weighted by atomic mass is 15.3. The lowest BCUT2D eigenvalue weighted by atomic mass is 10.1. The average molecular weight is 222 g/mol. The van der Waals surface area contributed by atoms with E-state index in [0.717, 1.165) is 18.2 Å². The summed E-state index contributed by atoms with van der Waals surface area (Å²) in [6.07, 6.45) is 5.09. The predicted molar refractivity (Wildman–Crippen MR) is 64.4 cm³/mol. The van der Waals surface area contributed by atoms with Crippen LogP contribution in [0, 0.1) is 6.92 Å². The highest BCUT2D eigenvalue weighted by Crippen LogP contribution is 2.24. The molecule has 0 bridgehead atoms. The first-order chi connectivity index (χ1) is 7.70. The standard InChI is InChI=1S/C12H22N4/c1-9(2)16-10(3)14-15-12(16)11-7-5-4-6-8-13-11/h9,11,13H,4-8H2,1-3H3. The Labute approximate surface area is 97.5 Å². The lowest BCUT2D eigenvalue weighted by molar-refractivity contribution is 0.454. The van der Waals surface area contributed by atoms with Gasteiger partial charge in [0.2, 0.25) is 0 Å². The van der Waals surface area contributed by atoms with Gasteiger partial charge in [0.15, 0.2) is 0 Å². The van der Waals surface area contributed by atoms with Crippen molar-refractivity contribution in [1.82, 2.24) is 20.1 Å². The van der Waals surface area contributed by atoms with Gasteiger partial charge in [-0.1, -0.05) is 12.8 Å². The molecule has 4 heteroatoms. The molecule has 1 unspecified atom stereocenters. The molecule has 1 atom stereocenters. The van der Waals surface area contributed by atoms with Gasteiger partial charge >= 0.3 is 0 Å². The van der Waals surface area contributed by atoms with Crippen LogP contribution in [0.5, 0.6) is 0 Å². The Bertz CT molecular complexity index is 335. The molecule has 1 N–H and O–H groups in total. The van der Waals surface area contributed by atoms with Crippen LogP contribution < -0.4 is 5.32 Å². The fourth-order valence-corrected chi connectivity index (χ4v) is 2.51. The van der Waals surface area contributed by atoms with Gasteiger partial charge in [0.1, 0.15) is 11.6 Å². The molecule has 0 radical (unpaired) electrons. The van der Waals surface area contributed by atoms with E-state index in [-0.39, 0.29) is 0 Å². The first kappa shape index (κ1) is 11.6. The van der Waals surface area contributed by atoms with Crippen LogP contribution in [0.15, 0.2) is 0 Å². The molecular weight excluding hydrogens is 200 g/mol. The summed E-state index contributed by atoms with van der Waals surface area (Å²) in [7, 11) is 0. The monoisotopic (exact) mass is 222 g/mol. The zero-order valence-corrected chi connectivity index (χ0v) is 10.5. The summed E-state index contributed by atoms with van der Waals surface area (Å²) in [5, 5.41) is 12.2. The SMILES string of the molecule is Cc1nnc(C2CCCCCN2)n1C(C)C. The third-order valence-corrected chi connectivity index (χ3v) is 3.28. The normalized spacial score (nSPS) is 22.4. The maximum atomic E-state index is 4.35. The molecule has 0 spiro atoms. The highest BCUT2D eigenvalue weighted by molar-refractivity contribution is 5.02. The predicted octanol–water partition coefficient (Wildman–Crippen LogP) is 2.37. The molecule has 1 aromatic rings. The van der Waals surface area contributed by atoms with Crippen LogP contribution in [0.3, 0.4) is 0 Å². The molecule has 1 aliphatic heterocycles. The quantitative estimate of drug-likeness (QED) is 0.835. The van der Waals surface area contributed by atoms with Crippen LogP contribution in [0.2, 0.25) is 0 Å². The van der Waals surface area contributed by atoms with Gasteiger partial charge in [-0.05, 0) is 40.2 Å². The van der Waals surface area contributed by atoms with Crippen LogP contribution in [-0.2, 0) is 0 Å². The van der Waals surface area contributed by atoms with E-state index in [2.05, 4.69) is 33.9 Å². The van der Waals surface area contributed by atoms with Crippen molar-refractivity contribution >= 4 is 0 Å². The van der Waals surface area contributed by atoms with Crippen molar-refractivity contribution in [2.24, 2.45) is 0 Å². The van der Waals surface area contributed by atoms with E-state index in [0.29, 0.717) is 12.1 Å². The van der Waals surface area contributed by atoms with Crippen molar-refractivity contribution in [1.29, 1.82) is 0 Å². The Morgan fingerprint density at radius 1 is 1.25 bits per heavy atom. The molecule has 2 rings (SSSR count). The number of aryl methyl sites for hydroxylation is 1. The second-order valence-electron chi connectivity index (χ2n) is 4.93. The maximum Gasteiger partial charge on any atom is 0.150 e. The van der Waals surface area contributed by atoms with Crippen LogP contribution in [0.4, 0.5) is 0 Å². The van der Waals surface area contributed by atoms with Crippen molar-refractivity contribution in [3.8, 4) is 0 Å². The summed E-state index contributed by atoms with van der Waals surface area (Å²) < 4.78 is 2.25. The van der Waals surface area contributed by atoms with Crippen LogP contribution >= 0.6 is 0 Å². The Kier molecular flexibility index (Phi) is 3.59. The zero-order chi connectivity index (χ0) is 11.5. The molecule has 16 heavy (non-hydrogen) atoms. The van der Waals surface area contributed by atoms with E-state index in [1.807, 2.05) is 6.92 Å². The van der Waals surface area contributed by atoms with Gasteiger partial charge in [-0.25, -0.2) is 0 Å². The Balaban J connectivity index is 2.24. The van der Waals surface area contributed by atoms with E-state index >= 15 is 0 Å². The summed E-state index contributed by atoms with van der Waals surface area (Å²) in [5.74, 6) is 2.14. The molecule has 0 aromatic carbocycles.